The van der Waals surface area contributed by atoms with Gasteiger partial charge in [0.15, 0.2) is 0 Å². The van der Waals surface area contributed by atoms with Crippen LogP contribution in [0.4, 0.5) is 5.69 Å². The van der Waals surface area contributed by atoms with Crippen molar-refractivity contribution in [2.45, 2.75) is 21.2 Å². The first-order valence-electron chi connectivity index (χ1n) is 18.2. The molecule has 1 aromatic heterocycles. The number of pyridine rings is 1. The van der Waals surface area contributed by atoms with Crippen LogP contribution in [-0.2, 0) is 5.41 Å². The summed E-state index contributed by atoms with van der Waals surface area (Å²) in [4.78, 5) is 7.29. The van der Waals surface area contributed by atoms with Crippen molar-refractivity contribution in [1.29, 1.82) is 5.26 Å². The van der Waals surface area contributed by atoms with Crippen LogP contribution in [0.2, 0.25) is 0 Å². The molecule has 0 fully saturated rings. The van der Waals surface area contributed by atoms with Gasteiger partial charge < -0.3 is 5.32 Å². The number of rotatable bonds is 5. The number of nitrogens with one attached hydrogen (secondary N) is 1. The Bertz CT molecular complexity index is 2740. The third-order valence-electron chi connectivity index (χ3n) is 10.9. The third-order valence-corrected chi connectivity index (χ3v) is 12.0. The molecule has 0 amide bonds. The van der Waals surface area contributed by atoms with Crippen LogP contribution in [0.3, 0.4) is 0 Å². The monoisotopic (exact) mass is 707 g/mol. The lowest BCUT2D eigenvalue weighted by Gasteiger charge is -2.42. The van der Waals surface area contributed by atoms with E-state index in [1.54, 1.807) is 0 Å². The summed E-state index contributed by atoms with van der Waals surface area (Å²) in [7, 11) is 0. The molecule has 1 unspecified atom stereocenters. The first-order valence-corrected chi connectivity index (χ1v) is 19.0. The lowest BCUT2D eigenvalue weighted by molar-refractivity contribution is 0.703. The van der Waals surface area contributed by atoms with Gasteiger partial charge in [-0.1, -0.05) is 139 Å². The van der Waals surface area contributed by atoms with Gasteiger partial charge in [-0.25, -0.2) is 0 Å². The molecule has 0 saturated carbocycles. The van der Waals surface area contributed by atoms with Crippen molar-refractivity contribution in [3.63, 3.8) is 0 Å². The molecule has 0 radical (unpaired) electrons. The van der Waals surface area contributed by atoms with Gasteiger partial charge in [0.1, 0.15) is 0 Å². The fourth-order valence-corrected chi connectivity index (χ4v) is 9.51. The molecule has 2 aliphatic heterocycles. The molecule has 10 rings (SSSR count). The summed E-state index contributed by atoms with van der Waals surface area (Å²) in [5.74, 6) is 0. The Morgan fingerprint density at radius 2 is 1.28 bits per heavy atom. The molecule has 0 spiro atoms. The van der Waals surface area contributed by atoms with Crippen molar-refractivity contribution in [3.8, 4) is 28.3 Å². The molecule has 1 N–H and O–H groups in total. The largest absolute Gasteiger partial charge is 0.372 e. The first-order chi connectivity index (χ1) is 26.7. The van der Waals surface area contributed by atoms with E-state index in [0.717, 1.165) is 50.0 Å². The van der Waals surface area contributed by atoms with Crippen molar-refractivity contribution < 1.29 is 0 Å². The summed E-state index contributed by atoms with van der Waals surface area (Å²) in [5.41, 5.74) is 13.9. The van der Waals surface area contributed by atoms with Crippen molar-refractivity contribution >= 4 is 34.4 Å². The molecule has 0 bridgehead atoms. The average Bonchev–Trinajstić information content (AvgIpc) is 3.25. The summed E-state index contributed by atoms with van der Waals surface area (Å²) < 4.78 is 0. The van der Waals surface area contributed by atoms with Gasteiger partial charge in [-0.05, 0) is 110 Å². The highest BCUT2D eigenvalue weighted by atomic mass is 32.2. The predicted octanol–water partition coefficient (Wildman–Crippen LogP) is 12.5. The molecule has 254 valence electrons. The summed E-state index contributed by atoms with van der Waals surface area (Å²) in [6.45, 7) is 0. The molecule has 3 nitrogen and oxygen atoms in total. The summed E-state index contributed by atoms with van der Waals surface area (Å²) >= 11 is 1.85. The van der Waals surface area contributed by atoms with Gasteiger partial charge >= 0.3 is 0 Å². The van der Waals surface area contributed by atoms with E-state index in [2.05, 4.69) is 175 Å². The molecule has 4 heteroatoms. The van der Waals surface area contributed by atoms with E-state index in [1.807, 2.05) is 36.2 Å². The van der Waals surface area contributed by atoms with E-state index in [1.165, 1.54) is 32.0 Å². The average molecular weight is 708 g/mol. The fraction of sp³-hybridized carbons (Fsp3) is 0.0400. The number of aromatic nitrogens is 1. The van der Waals surface area contributed by atoms with Crippen molar-refractivity contribution in [2.75, 3.05) is 5.32 Å². The number of hydrogen-bond donors (Lipinski definition) is 1. The molecule has 0 aliphatic carbocycles. The van der Waals surface area contributed by atoms with E-state index in [-0.39, 0.29) is 6.04 Å². The van der Waals surface area contributed by atoms with Gasteiger partial charge in [0.25, 0.3) is 0 Å². The second kappa shape index (κ2) is 13.1. The second-order valence-corrected chi connectivity index (χ2v) is 15.0. The highest BCUT2D eigenvalue weighted by molar-refractivity contribution is 7.99. The standard InChI is InChI=1S/C50H33N3S/c51-32-33-17-19-34(20-18-33)38-28-39(30-40(29-38)45-25-23-36-22-21-35-10-9-27-52-48(35)49(36)53-45)37-24-26-47-44(31-37)50(41-11-3-1-4-12-41,42-13-5-2-6-14-42)43-15-7-8-16-46(43)54-47/h1-31,45,53H. The third kappa shape index (κ3) is 5.24. The van der Waals surface area contributed by atoms with Crippen LogP contribution in [0.15, 0.2) is 192 Å². The highest BCUT2D eigenvalue weighted by Crippen LogP contribution is 2.56. The summed E-state index contributed by atoms with van der Waals surface area (Å²) in [6, 6.07) is 63.2. The predicted molar refractivity (Wildman–Crippen MR) is 222 cm³/mol. The zero-order valence-electron chi connectivity index (χ0n) is 29.3. The van der Waals surface area contributed by atoms with Crippen LogP contribution < -0.4 is 5.32 Å². The van der Waals surface area contributed by atoms with Crippen LogP contribution >= 0.6 is 11.8 Å². The number of nitrogens with zero attached hydrogens (tertiary/aromatic N) is 2. The van der Waals surface area contributed by atoms with Gasteiger partial charge in [0, 0.05) is 21.4 Å². The minimum Gasteiger partial charge on any atom is -0.372 e. The maximum atomic E-state index is 9.55. The highest BCUT2D eigenvalue weighted by Gasteiger charge is 2.44. The first kappa shape index (κ1) is 32.0. The van der Waals surface area contributed by atoms with Crippen molar-refractivity contribution in [2.24, 2.45) is 0 Å². The van der Waals surface area contributed by atoms with Crippen LogP contribution in [0.25, 0.3) is 39.2 Å². The van der Waals surface area contributed by atoms with Crippen LogP contribution in [0.1, 0.15) is 45.0 Å². The van der Waals surface area contributed by atoms with E-state index in [4.69, 9.17) is 4.98 Å². The molecule has 0 saturated heterocycles. The van der Waals surface area contributed by atoms with Gasteiger partial charge in [-0.2, -0.15) is 5.26 Å². The number of fused-ring (bicyclic) bond motifs is 5. The molecule has 3 heterocycles. The lowest BCUT2D eigenvalue weighted by atomic mass is 9.64. The Morgan fingerprint density at radius 1 is 0.593 bits per heavy atom. The quantitative estimate of drug-likeness (QED) is 0.193. The molecule has 2 aliphatic rings. The summed E-state index contributed by atoms with van der Waals surface area (Å²) in [5, 5.41) is 14.5. The zero-order chi connectivity index (χ0) is 36.1. The van der Waals surface area contributed by atoms with E-state index in [0.29, 0.717) is 5.56 Å². The molecule has 54 heavy (non-hydrogen) atoms. The van der Waals surface area contributed by atoms with Crippen molar-refractivity contribution in [3.05, 3.63) is 221 Å². The smallest absolute Gasteiger partial charge is 0.0991 e. The number of anilines is 1. The van der Waals surface area contributed by atoms with Crippen LogP contribution in [-0.4, -0.2) is 4.98 Å². The molecular formula is C50H33N3S. The number of nitriles is 1. The maximum Gasteiger partial charge on any atom is 0.0991 e. The zero-order valence-corrected chi connectivity index (χ0v) is 30.1. The van der Waals surface area contributed by atoms with Gasteiger partial charge in [-0.15, -0.1) is 0 Å². The van der Waals surface area contributed by atoms with Gasteiger partial charge in [0.05, 0.1) is 34.3 Å². The summed E-state index contributed by atoms with van der Waals surface area (Å²) in [6.07, 6.45) is 6.31. The Morgan fingerprint density at radius 3 is 2.04 bits per heavy atom. The SMILES string of the molecule is N#Cc1ccc(-c2cc(-c3ccc4c(c3)C(c3ccccc3)(c3ccccc3)c3ccccc3S4)cc(C3C=Cc4ccc5cccnc5c4N3)c2)cc1. The lowest BCUT2D eigenvalue weighted by Crippen LogP contribution is -2.34. The van der Waals surface area contributed by atoms with Gasteiger partial charge in [-0.3, -0.25) is 4.98 Å². The maximum absolute atomic E-state index is 9.55. The van der Waals surface area contributed by atoms with Crippen molar-refractivity contribution in [1.82, 2.24) is 4.98 Å². The Kier molecular flexibility index (Phi) is 7.75. The fourth-order valence-electron chi connectivity index (χ4n) is 8.34. The Hall–Kier alpha value is -6.67. The van der Waals surface area contributed by atoms with E-state index < -0.39 is 5.41 Å². The van der Waals surface area contributed by atoms with Crippen LogP contribution in [0.5, 0.6) is 0 Å². The molecular weight excluding hydrogens is 675 g/mol. The molecule has 7 aromatic carbocycles. The Balaban J connectivity index is 1.18. The van der Waals surface area contributed by atoms with E-state index in [9.17, 15) is 5.26 Å². The minimum atomic E-state index is -0.519. The number of benzene rings is 7. The molecule has 1 atom stereocenters. The van der Waals surface area contributed by atoms with E-state index >= 15 is 0 Å². The minimum absolute atomic E-state index is 0.0741. The van der Waals surface area contributed by atoms with Gasteiger partial charge in [0.2, 0.25) is 0 Å². The normalized spacial score (nSPS) is 15.0. The molecule has 8 aromatic rings. The Labute approximate surface area is 319 Å². The topological polar surface area (TPSA) is 48.7 Å². The van der Waals surface area contributed by atoms with Crippen LogP contribution in [0, 0.1) is 11.3 Å². The number of hydrogen-bond acceptors (Lipinski definition) is 4. The second-order valence-electron chi connectivity index (χ2n) is 13.9.